The van der Waals surface area contributed by atoms with Crippen molar-refractivity contribution in [2.45, 2.75) is 98.7 Å². The molecule has 88 heavy (non-hydrogen) atoms. The lowest BCUT2D eigenvalue weighted by molar-refractivity contribution is -0.138. The SMILES string of the molecule is C.CC(=O)c1nn(CC(=O)N2C[C@H](F)C[C@H]2C(=O)Nc2cccc(OC(F)F)n2)c2ccc(-c3cnc(C)nc3)cc12.CC(=O)c1nn(CC(=O)O)c2ccc(-c3cnc(C)nc3)cc12.Cl.O=C(Nc1cccc(OC(F)F)n1)[C@@H]1C[C@@H](F)CN1.S.S=S. The number of carboxylic acid groups (broad SMARTS) is 1. The van der Waals surface area contributed by atoms with Gasteiger partial charge in [0.25, 0.3) is 0 Å². The Hall–Kier alpha value is -8.72. The van der Waals surface area contributed by atoms with E-state index >= 15 is 0 Å². The number of aryl methyl sites for hydroxylation is 2. The van der Waals surface area contributed by atoms with Gasteiger partial charge in [-0.25, -0.2) is 28.7 Å². The number of aliphatic carboxylic acids is 1. The highest BCUT2D eigenvalue weighted by molar-refractivity contribution is 8.07. The van der Waals surface area contributed by atoms with E-state index in [0.29, 0.717) is 33.5 Å². The summed E-state index contributed by atoms with van der Waals surface area (Å²) < 4.78 is 87.4. The molecule has 2 saturated heterocycles. The average molecular weight is 1300 g/mol. The van der Waals surface area contributed by atoms with E-state index in [1.165, 1.54) is 59.6 Å². The summed E-state index contributed by atoms with van der Waals surface area (Å²) in [6.45, 7) is -0.599. The lowest BCUT2D eigenvalue weighted by atomic mass is 10.0. The fraction of sp³-hybridized carbons (Fsp3) is 0.309. The van der Waals surface area contributed by atoms with Crippen molar-refractivity contribution < 1.29 is 69.7 Å². The molecule has 10 rings (SSSR count). The Morgan fingerprint density at radius 2 is 1.10 bits per heavy atom. The summed E-state index contributed by atoms with van der Waals surface area (Å²) in [6, 6.07) is 16.8. The molecule has 4 N–H and O–H groups in total. The van der Waals surface area contributed by atoms with Gasteiger partial charge < -0.3 is 35.4 Å². The lowest BCUT2D eigenvalue weighted by Crippen LogP contribution is -2.44. The number of halogens is 7. The minimum absolute atomic E-state index is 0. The zero-order valence-electron chi connectivity index (χ0n) is 46.1. The number of carbonyl (C=O) groups is 6. The monoisotopic (exact) mass is 1300 g/mol. The minimum Gasteiger partial charge on any atom is -0.480 e. The molecule has 2 aromatic carbocycles. The van der Waals surface area contributed by atoms with Gasteiger partial charge in [0.2, 0.25) is 29.5 Å². The first kappa shape index (κ1) is 71.8. The largest absolute Gasteiger partial charge is 0.480 e. The van der Waals surface area contributed by atoms with Crippen LogP contribution >= 0.6 is 25.9 Å². The summed E-state index contributed by atoms with van der Waals surface area (Å²) in [5, 5.41) is 26.1. The first-order chi connectivity index (χ1) is 40.6. The van der Waals surface area contributed by atoms with Gasteiger partial charge in [0.15, 0.2) is 11.6 Å². The third kappa shape index (κ3) is 18.9. The van der Waals surface area contributed by atoms with E-state index in [-0.39, 0.29) is 113 Å². The number of amides is 3. The van der Waals surface area contributed by atoms with Gasteiger partial charge in [-0.3, -0.25) is 38.1 Å². The fourth-order valence-corrected chi connectivity index (χ4v) is 8.82. The molecule has 33 heteroatoms. The zero-order valence-corrected chi connectivity index (χ0v) is 49.5. The number of carboxylic acids is 1. The van der Waals surface area contributed by atoms with E-state index in [2.05, 4.69) is 87.9 Å². The van der Waals surface area contributed by atoms with Gasteiger partial charge in [-0.2, -0.15) is 51.2 Å². The molecule has 8 heterocycles. The number of fused-ring (bicyclic) bond motifs is 2. The van der Waals surface area contributed by atoms with Crippen LogP contribution in [0.5, 0.6) is 11.8 Å². The maximum atomic E-state index is 14.5. The topological polar surface area (TPSA) is 293 Å². The number of alkyl halides is 6. The highest BCUT2D eigenvalue weighted by Crippen LogP contribution is 2.30. The van der Waals surface area contributed by atoms with E-state index in [4.69, 9.17) is 5.11 Å². The van der Waals surface area contributed by atoms with Crippen LogP contribution in [0.1, 0.15) is 66.7 Å². The number of aromatic nitrogens is 10. The summed E-state index contributed by atoms with van der Waals surface area (Å²) >= 11 is 7.33. The van der Waals surface area contributed by atoms with E-state index in [0.717, 1.165) is 27.2 Å². The van der Waals surface area contributed by atoms with Crippen LogP contribution in [0, 0.1) is 13.8 Å². The summed E-state index contributed by atoms with van der Waals surface area (Å²) in [5.41, 5.74) is 4.66. The van der Waals surface area contributed by atoms with Crippen LogP contribution in [-0.4, -0.2) is 145 Å². The lowest BCUT2D eigenvalue weighted by Gasteiger charge is -2.23. The molecule has 2 aliphatic rings. The Labute approximate surface area is 521 Å². The van der Waals surface area contributed by atoms with E-state index in [1.54, 1.807) is 62.9 Å². The highest BCUT2D eigenvalue weighted by Gasteiger charge is 2.40. The number of nitrogens with zero attached hydrogens (tertiary/aromatic N) is 11. The molecular formula is C55H57ClF6N14O9S3. The number of benzene rings is 2. The Bertz CT molecular complexity index is 3750. The van der Waals surface area contributed by atoms with Gasteiger partial charge in [0, 0.05) is 114 Å². The number of nitrogens with one attached hydrogen (secondary N) is 3. The minimum atomic E-state index is -3.10. The molecule has 0 aliphatic carbocycles. The summed E-state index contributed by atoms with van der Waals surface area (Å²) in [7, 11) is 0. The molecule has 0 bridgehead atoms. The maximum Gasteiger partial charge on any atom is 0.388 e. The van der Waals surface area contributed by atoms with Crippen molar-refractivity contribution in [2.75, 3.05) is 23.7 Å². The van der Waals surface area contributed by atoms with Crippen LogP contribution in [-0.2, 0) is 54.6 Å². The number of pyridine rings is 2. The van der Waals surface area contributed by atoms with Gasteiger partial charge >= 0.3 is 19.2 Å². The standard InChI is InChI=1S/C27H24F3N7O4.C16H14N4O3.C11H12F3N3O2.CH4.ClH.S2.H2S/c1-14(38)25-19-8-16(17-10-31-15(2)32-11-17)6-7-20(19)37(35-25)13-24(39)36-12-18(28)9-21(36)26(40)34-22-4-3-5-23(33-22)41-27(29)30;1-9(21)16-13-5-11(12-6-17-10(2)18-7-12)3-4-14(13)20(19-16)8-15(22)23;12-6-4-7(15-5-6)10(18)17-8-2-1-3-9(16-8)19-11(13)14;;;1-2;/h3-8,10-11,18,21,27H,9,12-13H2,1-2H3,(H,33,34,40);3-7H,8H2,1-2H3,(H,22,23);1-3,6-7,11,15H,4-5H2,(H,16,17,18);1H4;1H;;1H2/t18-,21+;;6-,7+;;;;/m1.1..../s1. The number of likely N-dealkylation sites (tertiary alicyclic amines) is 1. The number of anilines is 2. The number of Topliss-reactive ketones (excluding diaryl/α,β-unsaturated/α-hetero) is 2. The molecule has 6 aromatic heterocycles. The van der Waals surface area contributed by atoms with Crippen LogP contribution in [0.3, 0.4) is 0 Å². The van der Waals surface area contributed by atoms with Crippen molar-refractivity contribution in [1.29, 1.82) is 0 Å². The van der Waals surface area contributed by atoms with E-state index < -0.39 is 67.2 Å². The van der Waals surface area contributed by atoms with Crippen LogP contribution in [0.25, 0.3) is 44.1 Å². The quantitative estimate of drug-likeness (QED) is 0.0524. The predicted octanol–water partition coefficient (Wildman–Crippen LogP) is 8.15. The first-order valence-electron chi connectivity index (χ1n) is 25.3. The van der Waals surface area contributed by atoms with Gasteiger partial charge in [-0.15, -0.1) is 12.4 Å². The number of ether oxygens (including phenoxy) is 2. The third-order valence-corrected chi connectivity index (χ3v) is 12.6. The molecule has 2 fully saturated rings. The molecule has 3 amide bonds. The molecule has 0 radical (unpaired) electrons. The number of rotatable bonds is 16. The molecule has 0 saturated carbocycles. The maximum absolute atomic E-state index is 14.5. The molecule has 2 aliphatic heterocycles. The van der Waals surface area contributed by atoms with Gasteiger partial charge in [-0.05, 0) is 61.4 Å². The van der Waals surface area contributed by atoms with Crippen molar-refractivity contribution in [3.63, 3.8) is 0 Å². The summed E-state index contributed by atoms with van der Waals surface area (Å²) in [4.78, 5) is 98.5. The number of hydrogen-bond donors (Lipinski definition) is 4. The van der Waals surface area contributed by atoms with Crippen molar-refractivity contribution >= 4 is 117 Å². The fourth-order valence-electron chi connectivity index (χ4n) is 8.82. The highest BCUT2D eigenvalue weighted by atomic mass is 35.5. The Morgan fingerprint density at radius 1 is 0.659 bits per heavy atom. The van der Waals surface area contributed by atoms with Crippen LogP contribution in [0.2, 0.25) is 0 Å². The Balaban J connectivity index is 0.000000299. The van der Waals surface area contributed by atoms with Gasteiger partial charge in [0.1, 0.15) is 66.1 Å². The third-order valence-electron chi connectivity index (χ3n) is 12.6. The zero-order chi connectivity index (χ0) is 61.6. The van der Waals surface area contributed by atoms with Crippen molar-refractivity contribution in [3.05, 3.63) is 121 Å². The predicted molar refractivity (Wildman–Crippen MR) is 323 cm³/mol. The van der Waals surface area contributed by atoms with Gasteiger partial charge in [-0.1, -0.05) is 31.7 Å². The first-order valence-corrected chi connectivity index (χ1v) is 26.7. The average Bonchev–Trinajstić information content (AvgIpc) is 1.88. The molecule has 0 spiro atoms. The second-order valence-corrected chi connectivity index (χ2v) is 18.7. The van der Waals surface area contributed by atoms with Crippen molar-refractivity contribution in [2.24, 2.45) is 0 Å². The summed E-state index contributed by atoms with van der Waals surface area (Å²) in [6.07, 6.45) is 4.04. The summed E-state index contributed by atoms with van der Waals surface area (Å²) in [5.74, 6) is -2.77. The normalized spacial score (nSPS) is 15.6. The molecular weight excluding hydrogens is 1250 g/mol. The molecule has 4 atom stereocenters. The Morgan fingerprint density at radius 3 is 1.51 bits per heavy atom. The molecule has 0 unspecified atom stereocenters. The van der Waals surface area contributed by atoms with E-state index in [9.17, 15) is 55.1 Å². The van der Waals surface area contributed by atoms with Crippen molar-refractivity contribution in [3.8, 4) is 34.0 Å². The van der Waals surface area contributed by atoms with Crippen LogP contribution in [0.4, 0.5) is 38.0 Å². The van der Waals surface area contributed by atoms with Crippen LogP contribution in [0.15, 0.2) is 97.6 Å². The Kier molecular flexibility index (Phi) is 26.8. The van der Waals surface area contributed by atoms with E-state index in [1.807, 2.05) is 12.1 Å². The van der Waals surface area contributed by atoms with Crippen molar-refractivity contribution in [1.82, 2.24) is 59.7 Å². The van der Waals surface area contributed by atoms with Gasteiger partial charge in [0.05, 0.1) is 23.6 Å². The van der Waals surface area contributed by atoms with Crippen LogP contribution < -0.4 is 25.4 Å². The smallest absolute Gasteiger partial charge is 0.388 e. The molecule has 23 nitrogen and oxygen atoms in total. The number of carbonyl (C=O) groups excluding carboxylic acids is 5. The number of ketones is 2. The number of hydrogen-bond acceptors (Lipinski definition) is 19. The molecule has 8 aromatic rings. The second-order valence-electron chi connectivity index (χ2n) is 18.7. The molecule has 468 valence electrons. The second kappa shape index (κ2) is 32.9.